The Labute approximate surface area is 241 Å². The van der Waals surface area contributed by atoms with Gasteiger partial charge >= 0.3 is 0 Å². The van der Waals surface area contributed by atoms with Gasteiger partial charge in [-0.2, -0.15) is 0 Å². The van der Waals surface area contributed by atoms with Crippen molar-refractivity contribution in [2.24, 2.45) is 0 Å². The molecule has 0 aliphatic carbocycles. The fourth-order valence-electron chi connectivity index (χ4n) is 6.14. The summed E-state index contributed by atoms with van der Waals surface area (Å²) >= 11 is 0. The molecule has 0 spiro atoms. The van der Waals surface area contributed by atoms with Gasteiger partial charge in [0.2, 0.25) is 5.91 Å². The number of rotatable bonds is 9. The predicted molar refractivity (Wildman–Crippen MR) is 162 cm³/mol. The van der Waals surface area contributed by atoms with Gasteiger partial charge in [0.25, 0.3) is 5.91 Å². The van der Waals surface area contributed by atoms with E-state index >= 15 is 0 Å². The van der Waals surface area contributed by atoms with Crippen molar-refractivity contribution in [3.63, 3.8) is 0 Å². The number of piperazine rings is 1. The van der Waals surface area contributed by atoms with E-state index in [1.54, 1.807) is 25.2 Å². The lowest BCUT2D eigenvalue weighted by molar-refractivity contribution is -0.135. The van der Waals surface area contributed by atoms with Crippen LogP contribution in [0, 0.1) is 0 Å². The van der Waals surface area contributed by atoms with Crippen LogP contribution in [-0.2, 0) is 9.53 Å². The molecule has 214 valence electrons. The molecule has 41 heavy (non-hydrogen) atoms. The van der Waals surface area contributed by atoms with Crippen molar-refractivity contribution in [1.82, 2.24) is 14.8 Å². The van der Waals surface area contributed by atoms with Gasteiger partial charge in [-0.15, -0.1) is 0 Å². The Balaban J connectivity index is 1.54. The first-order valence-electron chi connectivity index (χ1n) is 14.1. The number of H-pyrrole nitrogens is 1. The molecule has 1 saturated heterocycles. The Kier molecular flexibility index (Phi) is 8.59. The number of hydrogen-bond donors (Lipinski definition) is 1. The van der Waals surface area contributed by atoms with E-state index in [0.717, 1.165) is 33.8 Å². The number of aromatic nitrogens is 1. The van der Waals surface area contributed by atoms with E-state index in [4.69, 9.17) is 9.47 Å². The summed E-state index contributed by atoms with van der Waals surface area (Å²) in [5, 5.41) is 0. The summed E-state index contributed by atoms with van der Waals surface area (Å²) in [6.07, 6.45) is 7.65. The summed E-state index contributed by atoms with van der Waals surface area (Å²) in [6, 6.07) is 15.0. The van der Waals surface area contributed by atoms with Crippen molar-refractivity contribution in [3.05, 3.63) is 95.3 Å². The second kappa shape index (κ2) is 12.5. The highest BCUT2D eigenvalue weighted by atomic mass is 16.5. The number of allylic oxidation sites excluding steroid dienone is 1. The fourth-order valence-corrected chi connectivity index (χ4v) is 6.14. The average molecular weight is 555 g/mol. The summed E-state index contributed by atoms with van der Waals surface area (Å²) in [4.78, 5) is 37.9. The number of para-hydroxylation sites is 2. The number of anilines is 1. The van der Waals surface area contributed by atoms with Gasteiger partial charge in [0.15, 0.2) is 0 Å². The van der Waals surface area contributed by atoms with Gasteiger partial charge in [0.05, 0.1) is 31.4 Å². The lowest BCUT2D eigenvalue weighted by Gasteiger charge is -2.44. The Morgan fingerprint density at radius 2 is 1.78 bits per heavy atom. The number of fused-ring (bicyclic) bond motifs is 1. The molecule has 2 aromatic carbocycles. The van der Waals surface area contributed by atoms with E-state index in [-0.39, 0.29) is 11.8 Å². The van der Waals surface area contributed by atoms with E-state index in [0.29, 0.717) is 44.9 Å². The Bertz CT molecular complexity index is 1440. The van der Waals surface area contributed by atoms with Gasteiger partial charge in [-0.05, 0) is 36.8 Å². The smallest absolute Gasteiger partial charge is 0.254 e. The number of nitrogens with zero attached hydrogens (tertiary/aromatic N) is 3. The maximum Gasteiger partial charge on any atom is 0.254 e. The lowest BCUT2D eigenvalue weighted by atomic mass is 9.78. The van der Waals surface area contributed by atoms with Crippen LogP contribution < -0.4 is 9.64 Å². The van der Waals surface area contributed by atoms with E-state index in [1.807, 2.05) is 78.7 Å². The summed E-state index contributed by atoms with van der Waals surface area (Å²) in [7, 11) is 3.30. The molecule has 0 saturated carbocycles. The molecule has 3 heterocycles. The third-order valence-electron chi connectivity index (χ3n) is 8.10. The van der Waals surface area contributed by atoms with Crippen LogP contribution in [0.3, 0.4) is 0 Å². The Morgan fingerprint density at radius 1 is 1.05 bits per heavy atom. The number of aromatic amines is 1. The summed E-state index contributed by atoms with van der Waals surface area (Å²) in [6.45, 7) is 9.25. The standard InChI is InChI=1S/C33H38N4O4/c1-5-11-27-23(6-2)26(22-34-27)31-30(24-12-7-8-13-25(24)32(38)37(31)20-21-40-3)33(39)36-18-16-35(17-19-36)28-14-9-10-15-29(28)41-4/h5-15,22,30-31,34H,2,16-21H2,1,3-4H3/b11-5-. The zero-order valence-corrected chi connectivity index (χ0v) is 24.0. The Morgan fingerprint density at radius 3 is 2.49 bits per heavy atom. The SMILES string of the molecule is C=Cc1c(C2C(C(=O)N3CCN(c4ccccc4OC)CC3)c3ccccc3C(=O)N2CCOC)c[nH]c1/C=C\C. The first-order valence-corrected chi connectivity index (χ1v) is 14.1. The number of benzene rings is 2. The quantitative estimate of drug-likeness (QED) is 0.404. The molecule has 5 rings (SSSR count). The van der Waals surface area contributed by atoms with Crippen molar-refractivity contribution >= 4 is 29.7 Å². The van der Waals surface area contributed by atoms with Gasteiger partial charge in [-0.3, -0.25) is 9.59 Å². The minimum atomic E-state index is -0.577. The predicted octanol–water partition coefficient (Wildman–Crippen LogP) is 4.98. The fraction of sp³-hybridized carbons (Fsp3) is 0.333. The maximum atomic E-state index is 14.6. The van der Waals surface area contributed by atoms with Crippen LogP contribution >= 0.6 is 0 Å². The van der Waals surface area contributed by atoms with E-state index in [1.165, 1.54) is 0 Å². The highest BCUT2D eigenvalue weighted by Gasteiger charge is 2.46. The van der Waals surface area contributed by atoms with Crippen LogP contribution in [0.4, 0.5) is 5.69 Å². The zero-order chi connectivity index (χ0) is 28.9. The highest BCUT2D eigenvalue weighted by molar-refractivity contribution is 6.01. The van der Waals surface area contributed by atoms with Crippen LogP contribution in [0.2, 0.25) is 0 Å². The molecule has 3 aromatic rings. The topological polar surface area (TPSA) is 78.1 Å². The number of methoxy groups -OCH3 is 2. The molecule has 2 aliphatic rings. The van der Waals surface area contributed by atoms with Crippen molar-refractivity contribution in [2.45, 2.75) is 18.9 Å². The molecular weight excluding hydrogens is 516 g/mol. The monoisotopic (exact) mass is 554 g/mol. The second-order valence-electron chi connectivity index (χ2n) is 10.3. The van der Waals surface area contributed by atoms with Gasteiger partial charge < -0.3 is 29.2 Å². The minimum absolute atomic E-state index is 0.0147. The Hall–Kier alpha value is -4.30. The van der Waals surface area contributed by atoms with E-state index < -0.39 is 12.0 Å². The third-order valence-corrected chi connectivity index (χ3v) is 8.10. The van der Waals surface area contributed by atoms with Crippen molar-refractivity contribution < 1.29 is 19.1 Å². The molecule has 2 aliphatic heterocycles. The number of amides is 2. The van der Waals surface area contributed by atoms with Crippen LogP contribution in [0.5, 0.6) is 5.75 Å². The molecule has 2 atom stereocenters. The van der Waals surface area contributed by atoms with E-state index in [9.17, 15) is 9.59 Å². The zero-order valence-electron chi connectivity index (χ0n) is 24.0. The number of hydrogen-bond acceptors (Lipinski definition) is 5. The first kappa shape index (κ1) is 28.2. The molecule has 0 bridgehead atoms. The number of carbonyl (C=O) groups is 2. The molecule has 1 aromatic heterocycles. The highest BCUT2D eigenvalue weighted by Crippen LogP contribution is 2.45. The van der Waals surface area contributed by atoms with E-state index in [2.05, 4.69) is 16.5 Å². The van der Waals surface area contributed by atoms with Crippen LogP contribution in [-0.4, -0.2) is 80.1 Å². The van der Waals surface area contributed by atoms with Crippen LogP contribution in [0.25, 0.3) is 12.2 Å². The molecule has 1 N–H and O–H groups in total. The molecule has 8 heteroatoms. The van der Waals surface area contributed by atoms with Crippen molar-refractivity contribution in [2.75, 3.05) is 58.5 Å². The molecule has 2 unspecified atom stereocenters. The number of ether oxygens (including phenoxy) is 2. The normalized spacial score (nSPS) is 19.0. The lowest BCUT2D eigenvalue weighted by Crippen LogP contribution is -2.54. The van der Waals surface area contributed by atoms with Crippen LogP contribution in [0.15, 0.2) is 67.4 Å². The van der Waals surface area contributed by atoms with Crippen molar-refractivity contribution in [3.8, 4) is 5.75 Å². The minimum Gasteiger partial charge on any atom is -0.495 e. The van der Waals surface area contributed by atoms with Gasteiger partial charge in [-0.25, -0.2) is 0 Å². The summed E-state index contributed by atoms with van der Waals surface area (Å²) < 4.78 is 11.0. The molecule has 1 fully saturated rings. The molecule has 0 radical (unpaired) electrons. The molecule has 2 amide bonds. The third kappa shape index (κ3) is 5.27. The number of nitrogens with one attached hydrogen (secondary N) is 1. The largest absolute Gasteiger partial charge is 0.495 e. The van der Waals surface area contributed by atoms with Crippen LogP contribution in [0.1, 0.15) is 51.6 Å². The van der Waals surface area contributed by atoms with Gasteiger partial charge in [0, 0.05) is 68.4 Å². The number of carbonyl (C=O) groups excluding carboxylic acids is 2. The van der Waals surface area contributed by atoms with Gasteiger partial charge in [0.1, 0.15) is 5.75 Å². The average Bonchev–Trinajstić information content (AvgIpc) is 3.42. The second-order valence-corrected chi connectivity index (χ2v) is 10.3. The molecule has 8 nitrogen and oxygen atoms in total. The van der Waals surface area contributed by atoms with Crippen molar-refractivity contribution in [1.29, 1.82) is 0 Å². The van der Waals surface area contributed by atoms with Gasteiger partial charge in [-0.1, -0.05) is 49.1 Å². The summed E-state index contributed by atoms with van der Waals surface area (Å²) in [5.74, 6) is 0.158. The molecular formula is C33H38N4O4. The summed E-state index contributed by atoms with van der Waals surface area (Å²) in [5.41, 5.74) is 5.01. The maximum absolute atomic E-state index is 14.6. The first-order chi connectivity index (χ1) is 20.0.